The van der Waals surface area contributed by atoms with Gasteiger partial charge < -0.3 is 5.32 Å². The molecule has 0 bridgehead atoms. The summed E-state index contributed by atoms with van der Waals surface area (Å²) < 4.78 is 0. The van der Waals surface area contributed by atoms with Crippen molar-refractivity contribution >= 4 is 0 Å². The highest BCUT2D eigenvalue weighted by atomic mass is 14.8. The molecule has 0 aromatic carbocycles. The molecule has 0 heterocycles. The van der Waals surface area contributed by atoms with Gasteiger partial charge in [0.25, 0.3) is 0 Å². The van der Waals surface area contributed by atoms with E-state index in [0.29, 0.717) is 0 Å². The molecule has 1 N–H and O–H groups in total. The molecule has 0 saturated carbocycles. The monoisotopic (exact) mass is 193 g/mol. The SMILES string of the molecule is C\C=C/C=C\C(CNCC)=C(/C)CC. The van der Waals surface area contributed by atoms with Crippen LogP contribution in [0.15, 0.2) is 35.5 Å². The van der Waals surface area contributed by atoms with Crippen molar-refractivity contribution < 1.29 is 0 Å². The van der Waals surface area contributed by atoms with E-state index in [4.69, 9.17) is 0 Å². The lowest BCUT2D eigenvalue weighted by Crippen LogP contribution is -2.16. The summed E-state index contributed by atoms with van der Waals surface area (Å²) in [6.07, 6.45) is 9.53. The zero-order chi connectivity index (χ0) is 10.8. The second kappa shape index (κ2) is 8.76. The number of rotatable bonds is 6. The van der Waals surface area contributed by atoms with Gasteiger partial charge in [-0.1, -0.05) is 43.7 Å². The van der Waals surface area contributed by atoms with Crippen molar-refractivity contribution in [3.63, 3.8) is 0 Å². The van der Waals surface area contributed by atoms with Crippen molar-refractivity contribution in [3.8, 4) is 0 Å². The summed E-state index contributed by atoms with van der Waals surface area (Å²) in [5, 5.41) is 3.36. The Labute approximate surface area is 88.6 Å². The van der Waals surface area contributed by atoms with Crippen molar-refractivity contribution in [3.05, 3.63) is 35.5 Å². The van der Waals surface area contributed by atoms with Gasteiger partial charge in [-0.15, -0.1) is 0 Å². The quantitative estimate of drug-likeness (QED) is 0.637. The Hall–Kier alpha value is -0.820. The molecule has 0 aromatic heterocycles. The number of nitrogens with one attached hydrogen (secondary N) is 1. The maximum atomic E-state index is 3.36. The van der Waals surface area contributed by atoms with E-state index in [1.165, 1.54) is 11.1 Å². The molecule has 0 atom stereocenters. The van der Waals surface area contributed by atoms with Gasteiger partial charge >= 0.3 is 0 Å². The van der Waals surface area contributed by atoms with Crippen LogP contribution in [0.2, 0.25) is 0 Å². The molecule has 0 rings (SSSR count). The van der Waals surface area contributed by atoms with Crippen LogP contribution in [0.5, 0.6) is 0 Å². The lowest BCUT2D eigenvalue weighted by Gasteiger charge is -2.07. The molecular formula is C13H23N. The Morgan fingerprint density at radius 2 is 1.93 bits per heavy atom. The number of likely N-dealkylation sites (N-methyl/N-ethyl adjacent to an activating group) is 1. The van der Waals surface area contributed by atoms with Gasteiger partial charge in [-0.25, -0.2) is 0 Å². The number of hydrogen-bond acceptors (Lipinski definition) is 1. The summed E-state index contributed by atoms with van der Waals surface area (Å²) >= 11 is 0. The first-order valence-corrected chi connectivity index (χ1v) is 5.44. The zero-order valence-corrected chi connectivity index (χ0v) is 9.93. The van der Waals surface area contributed by atoms with Crippen LogP contribution < -0.4 is 5.32 Å². The van der Waals surface area contributed by atoms with Crippen LogP contribution in [0.3, 0.4) is 0 Å². The summed E-state index contributed by atoms with van der Waals surface area (Å²) in [5.74, 6) is 0. The van der Waals surface area contributed by atoms with Crippen molar-refractivity contribution in [2.45, 2.75) is 34.1 Å². The fourth-order valence-corrected chi connectivity index (χ4v) is 1.12. The van der Waals surface area contributed by atoms with Gasteiger partial charge in [0.2, 0.25) is 0 Å². The lowest BCUT2D eigenvalue weighted by atomic mass is 10.1. The topological polar surface area (TPSA) is 12.0 Å². The van der Waals surface area contributed by atoms with Gasteiger partial charge in [0.05, 0.1) is 0 Å². The van der Waals surface area contributed by atoms with Crippen molar-refractivity contribution in [2.24, 2.45) is 0 Å². The molecule has 0 unspecified atom stereocenters. The predicted molar refractivity (Wildman–Crippen MR) is 65.5 cm³/mol. The molecule has 14 heavy (non-hydrogen) atoms. The Bertz CT molecular complexity index is 221. The van der Waals surface area contributed by atoms with Gasteiger partial charge in [0, 0.05) is 6.54 Å². The Kier molecular flexibility index (Phi) is 8.25. The van der Waals surface area contributed by atoms with Crippen molar-refractivity contribution in [1.82, 2.24) is 5.32 Å². The molecule has 0 spiro atoms. The Morgan fingerprint density at radius 1 is 1.21 bits per heavy atom. The molecule has 0 radical (unpaired) electrons. The summed E-state index contributed by atoms with van der Waals surface area (Å²) in [6, 6.07) is 0. The second-order valence-electron chi connectivity index (χ2n) is 3.32. The van der Waals surface area contributed by atoms with Crippen LogP contribution in [0.1, 0.15) is 34.1 Å². The summed E-state index contributed by atoms with van der Waals surface area (Å²) in [5.41, 5.74) is 2.87. The molecule has 1 nitrogen and oxygen atoms in total. The number of hydrogen-bond donors (Lipinski definition) is 1. The van der Waals surface area contributed by atoms with Crippen molar-refractivity contribution in [2.75, 3.05) is 13.1 Å². The molecule has 0 saturated heterocycles. The molecule has 0 amide bonds. The van der Waals surface area contributed by atoms with Crippen LogP contribution >= 0.6 is 0 Å². The summed E-state index contributed by atoms with van der Waals surface area (Å²) in [4.78, 5) is 0. The van der Waals surface area contributed by atoms with Crippen LogP contribution in [0.25, 0.3) is 0 Å². The third-order valence-electron chi connectivity index (χ3n) is 2.24. The first-order chi connectivity index (χ1) is 6.76. The van der Waals surface area contributed by atoms with E-state index in [1.807, 2.05) is 13.0 Å². The molecule has 0 aliphatic heterocycles. The van der Waals surface area contributed by atoms with Crippen LogP contribution in [0.4, 0.5) is 0 Å². The van der Waals surface area contributed by atoms with Crippen LogP contribution in [-0.4, -0.2) is 13.1 Å². The van der Waals surface area contributed by atoms with Gasteiger partial charge in [-0.3, -0.25) is 0 Å². The van der Waals surface area contributed by atoms with Crippen LogP contribution in [0, 0.1) is 0 Å². The molecule has 0 aliphatic carbocycles. The average molecular weight is 193 g/mol. The second-order valence-corrected chi connectivity index (χ2v) is 3.32. The fraction of sp³-hybridized carbons (Fsp3) is 0.538. The van der Waals surface area contributed by atoms with E-state index in [1.54, 1.807) is 0 Å². The van der Waals surface area contributed by atoms with Gasteiger partial charge in [-0.05, 0) is 32.4 Å². The highest BCUT2D eigenvalue weighted by molar-refractivity contribution is 5.28. The minimum absolute atomic E-state index is 0.976. The van der Waals surface area contributed by atoms with E-state index in [0.717, 1.165) is 19.5 Å². The van der Waals surface area contributed by atoms with E-state index in [-0.39, 0.29) is 0 Å². The van der Waals surface area contributed by atoms with Gasteiger partial charge in [-0.2, -0.15) is 0 Å². The predicted octanol–water partition coefficient (Wildman–Crippen LogP) is 3.45. The van der Waals surface area contributed by atoms with E-state index < -0.39 is 0 Å². The smallest absolute Gasteiger partial charge is 0.0204 e. The third kappa shape index (κ3) is 5.76. The molecule has 1 heteroatoms. The highest BCUT2D eigenvalue weighted by Gasteiger charge is 1.95. The average Bonchev–Trinajstić information content (AvgIpc) is 2.22. The van der Waals surface area contributed by atoms with Crippen molar-refractivity contribution in [1.29, 1.82) is 0 Å². The maximum Gasteiger partial charge on any atom is 0.0204 e. The maximum absolute atomic E-state index is 3.36. The standard InChI is InChI=1S/C13H23N/c1-5-8-9-10-13(11-14-7-3)12(4)6-2/h5,8-10,14H,6-7,11H2,1-4H3/b8-5-,10-9-,13-12-. The third-order valence-corrected chi connectivity index (χ3v) is 2.24. The van der Waals surface area contributed by atoms with E-state index in [2.05, 4.69) is 44.3 Å². The van der Waals surface area contributed by atoms with Gasteiger partial charge in [0.15, 0.2) is 0 Å². The molecule has 0 fully saturated rings. The van der Waals surface area contributed by atoms with Crippen LogP contribution in [-0.2, 0) is 0 Å². The Balaban J connectivity index is 4.40. The molecule has 0 aromatic rings. The molecule has 0 aliphatic rings. The molecular weight excluding hydrogens is 170 g/mol. The first-order valence-electron chi connectivity index (χ1n) is 5.44. The fourth-order valence-electron chi connectivity index (χ4n) is 1.12. The minimum Gasteiger partial charge on any atom is -0.313 e. The summed E-state index contributed by atoms with van der Waals surface area (Å²) in [6.45, 7) is 10.6. The number of allylic oxidation sites excluding steroid dienone is 4. The van der Waals surface area contributed by atoms with E-state index >= 15 is 0 Å². The minimum atomic E-state index is 0.976. The normalized spacial score (nSPS) is 14.0. The Morgan fingerprint density at radius 3 is 2.43 bits per heavy atom. The largest absolute Gasteiger partial charge is 0.313 e. The zero-order valence-electron chi connectivity index (χ0n) is 9.93. The molecule has 80 valence electrons. The summed E-state index contributed by atoms with van der Waals surface area (Å²) in [7, 11) is 0. The first kappa shape index (κ1) is 13.2. The van der Waals surface area contributed by atoms with E-state index in [9.17, 15) is 0 Å². The lowest BCUT2D eigenvalue weighted by molar-refractivity contribution is 0.776. The van der Waals surface area contributed by atoms with Gasteiger partial charge in [0.1, 0.15) is 0 Å². The highest BCUT2D eigenvalue weighted by Crippen LogP contribution is 2.08.